The van der Waals surface area contributed by atoms with Gasteiger partial charge in [0.2, 0.25) is 0 Å². The average molecular weight is 300 g/mol. The van der Waals surface area contributed by atoms with Gasteiger partial charge in [-0.1, -0.05) is 32.9 Å². The summed E-state index contributed by atoms with van der Waals surface area (Å²) in [6.07, 6.45) is 6.61. The Kier molecular flexibility index (Phi) is 3.54. The summed E-state index contributed by atoms with van der Waals surface area (Å²) in [6.45, 7) is 6.89. The van der Waals surface area contributed by atoms with Crippen molar-refractivity contribution < 1.29 is 14.6 Å². The molecular formula is C19H24O3. The van der Waals surface area contributed by atoms with E-state index in [2.05, 4.69) is 20.8 Å². The van der Waals surface area contributed by atoms with Crippen molar-refractivity contribution in [1.82, 2.24) is 0 Å². The zero-order chi connectivity index (χ0) is 16.0. The van der Waals surface area contributed by atoms with Crippen molar-refractivity contribution in [2.45, 2.75) is 46.1 Å². The van der Waals surface area contributed by atoms with Gasteiger partial charge in [-0.15, -0.1) is 0 Å². The number of hydrogen-bond donors (Lipinski definition) is 1. The Bertz CT molecular complexity index is 600. The zero-order valence-electron chi connectivity index (χ0n) is 13.5. The quantitative estimate of drug-likeness (QED) is 0.673. The number of phenols is 1. The second kappa shape index (κ2) is 5.15. The van der Waals surface area contributed by atoms with E-state index in [1.165, 1.54) is 12.5 Å². The van der Waals surface area contributed by atoms with Gasteiger partial charge in [0.15, 0.2) is 0 Å². The van der Waals surface area contributed by atoms with Gasteiger partial charge in [-0.05, 0) is 54.4 Å². The molecule has 0 heterocycles. The summed E-state index contributed by atoms with van der Waals surface area (Å²) in [7, 11) is 0. The number of aromatic hydroxyl groups is 1. The van der Waals surface area contributed by atoms with Gasteiger partial charge in [0.1, 0.15) is 11.9 Å². The first-order valence-corrected chi connectivity index (χ1v) is 8.01. The van der Waals surface area contributed by atoms with E-state index in [1.807, 2.05) is 0 Å². The number of phenolic OH excluding ortho intramolecular Hbond substituents is 1. The van der Waals surface area contributed by atoms with E-state index >= 15 is 0 Å². The van der Waals surface area contributed by atoms with Gasteiger partial charge in [-0.3, -0.25) is 0 Å². The first-order chi connectivity index (χ1) is 10.3. The maximum atomic E-state index is 12.1. The normalized spacial score (nSPS) is 32.5. The molecule has 1 aromatic rings. The molecule has 1 N–H and O–H groups in total. The number of rotatable bonds is 3. The van der Waals surface area contributed by atoms with Crippen molar-refractivity contribution in [2.24, 2.45) is 16.7 Å². The third-order valence-electron chi connectivity index (χ3n) is 6.28. The molecule has 118 valence electrons. The molecule has 3 rings (SSSR count). The summed E-state index contributed by atoms with van der Waals surface area (Å²) in [5, 5.41) is 9.25. The highest BCUT2D eigenvalue weighted by Crippen LogP contribution is 2.66. The Morgan fingerprint density at radius 3 is 2.50 bits per heavy atom. The molecule has 0 amide bonds. The minimum Gasteiger partial charge on any atom is -0.508 e. The molecule has 0 saturated heterocycles. The van der Waals surface area contributed by atoms with Crippen LogP contribution in [0.5, 0.6) is 5.75 Å². The van der Waals surface area contributed by atoms with E-state index in [9.17, 15) is 9.90 Å². The van der Waals surface area contributed by atoms with Crippen molar-refractivity contribution >= 4 is 12.0 Å². The largest absolute Gasteiger partial charge is 0.508 e. The van der Waals surface area contributed by atoms with E-state index in [0.29, 0.717) is 5.92 Å². The fourth-order valence-electron chi connectivity index (χ4n) is 4.24. The van der Waals surface area contributed by atoms with Crippen LogP contribution in [-0.2, 0) is 9.53 Å². The average Bonchev–Trinajstić information content (AvgIpc) is 2.80. The first-order valence-electron chi connectivity index (χ1n) is 8.01. The predicted molar refractivity (Wildman–Crippen MR) is 86.2 cm³/mol. The number of carbonyl (C=O) groups is 1. The van der Waals surface area contributed by atoms with Gasteiger partial charge in [0, 0.05) is 11.5 Å². The van der Waals surface area contributed by atoms with Crippen LogP contribution in [0.15, 0.2) is 30.3 Å². The summed E-state index contributed by atoms with van der Waals surface area (Å²) in [6, 6.07) is 6.73. The molecule has 3 nitrogen and oxygen atoms in total. The minimum atomic E-state index is -0.275. The third-order valence-corrected chi connectivity index (χ3v) is 6.28. The Balaban J connectivity index is 1.65. The van der Waals surface area contributed by atoms with Crippen LogP contribution in [0.1, 0.15) is 45.6 Å². The SMILES string of the molecule is CC1(C)[C@H]2CC[C@]1(C)[C@H](OC(=O)/C=C\c1ccc(O)cc1)C2. The fourth-order valence-corrected chi connectivity index (χ4v) is 4.24. The Morgan fingerprint density at radius 1 is 1.27 bits per heavy atom. The molecule has 3 heteroatoms. The van der Waals surface area contributed by atoms with Crippen LogP contribution < -0.4 is 0 Å². The number of hydrogen-bond acceptors (Lipinski definition) is 3. The predicted octanol–water partition coefficient (Wildman–Crippen LogP) is 4.16. The van der Waals surface area contributed by atoms with Gasteiger partial charge in [0.05, 0.1) is 0 Å². The number of fused-ring (bicyclic) bond motifs is 2. The first kappa shape index (κ1) is 15.1. The Labute approximate surface area is 132 Å². The topological polar surface area (TPSA) is 46.5 Å². The highest BCUT2D eigenvalue weighted by atomic mass is 16.5. The third kappa shape index (κ3) is 2.33. The monoisotopic (exact) mass is 300 g/mol. The molecule has 22 heavy (non-hydrogen) atoms. The van der Waals surface area contributed by atoms with Crippen molar-refractivity contribution in [3.05, 3.63) is 35.9 Å². The fraction of sp³-hybridized carbons (Fsp3) is 0.526. The van der Waals surface area contributed by atoms with Crippen molar-refractivity contribution in [3.63, 3.8) is 0 Å². The van der Waals surface area contributed by atoms with Crippen LogP contribution >= 0.6 is 0 Å². The molecule has 0 aromatic heterocycles. The lowest BCUT2D eigenvalue weighted by Gasteiger charge is -2.38. The number of benzene rings is 1. The lowest BCUT2D eigenvalue weighted by molar-refractivity contribution is -0.150. The van der Waals surface area contributed by atoms with Crippen LogP contribution in [0, 0.1) is 16.7 Å². The highest BCUT2D eigenvalue weighted by molar-refractivity contribution is 5.87. The molecule has 0 aliphatic heterocycles. The second-order valence-corrected chi connectivity index (χ2v) is 7.46. The van der Waals surface area contributed by atoms with E-state index in [0.717, 1.165) is 18.4 Å². The number of carbonyl (C=O) groups excluding carboxylic acids is 1. The van der Waals surface area contributed by atoms with E-state index in [-0.39, 0.29) is 28.7 Å². The van der Waals surface area contributed by atoms with Gasteiger partial charge >= 0.3 is 5.97 Å². The maximum absolute atomic E-state index is 12.1. The van der Waals surface area contributed by atoms with Gasteiger partial charge in [-0.2, -0.15) is 0 Å². The lowest BCUT2D eigenvalue weighted by Crippen LogP contribution is -2.38. The van der Waals surface area contributed by atoms with Crippen LogP contribution in [-0.4, -0.2) is 17.2 Å². The summed E-state index contributed by atoms with van der Waals surface area (Å²) >= 11 is 0. The molecule has 2 fully saturated rings. The molecule has 2 aliphatic rings. The molecule has 2 bridgehead atoms. The van der Waals surface area contributed by atoms with E-state index in [4.69, 9.17) is 4.74 Å². The number of esters is 1. The van der Waals surface area contributed by atoms with Gasteiger partial charge in [0.25, 0.3) is 0 Å². The molecule has 1 aromatic carbocycles. The molecular weight excluding hydrogens is 276 g/mol. The lowest BCUT2D eigenvalue weighted by atomic mass is 9.70. The smallest absolute Gasteiger partial charge is 0.331 e. The summed E-state index contributed by atoms with van der Waals surface area (Å²) in [5.74, 6) is 0.607. The molecule has 2 saturated carbocycles. The van der Waals surface area contributed by atoms with Crippen LogP contribution in [0.3, 0.4) is 0 Å². The molecule has 3 atom stereocenters. The summed E-state index contributed by atoms with van der Waals surface area (Å²) in [4.78, 5) is 12.1. The number of ether oxygens (including phenoxy) is 1. The summed E-state index contributed by atoms with van der Waals surface area (Å²) < 4.78 is 5.75. The minimum absolute atomic E-state index is 0.0261. The molecule has 0 spiro atoms. The van der Waals surface area contributed by atoms with Gasteiger partial charge < -0.3 is 9.84 Å². The second-order valence-electron chi connectivity index (χ2n) is 7.46. The molecule has 0 unspecified atom stereocenters. The van der Waals surface area contributed by atoms with Crippen LogP contribution in [0.2, 0.25) is 0 Å². The Hall–Kier alpha value is -1.77. The zero-order valence-corrected chi connectivity index (χ0v) is 13.5. The van der Waals surface area contributed by atoms with Crippen molar-refractivity contribution in [3.8, 4) is 5.75 Å². The van der Waals surface area contributed by atoms with E-state index in [1.54, 1.807) is 30.3 Å². The molecule has 0 radical (unpaired) electrons. The van der Waals surface area contributed by atoms with Gasteiger partial charge in [-0.25, -0.2) is 4.79 Å². The molecule has 2 aliphatic carbocycles. The highest BCUT2D eigenvalue weighted by Gasteiger charge is 2.62. The van der Waals surface area contributed by atoms with Crippen molar-refractivity contribution in [2.75, 3.05) is 0 Å². The standard InChI is InChI=1S/C19H24O3/c1-18(2)14-10-11-19(18,3)16(12-14)22-17(21)9-6-13-4-7-15(20)8-5-13/h4-9,14,16,20H,10-12H2,1-3H3/b9-6-/t14-,16+,19+/m0/s1. The van der Waals surface area contributed by atoms with Crippen molar-refractivity contribution in [1.29, 1.82) is 0 Å². The summed E-state index contributed by atoms with van der Waals surface area (Å²) in [5.41, 5.74) is 1.22. The Morgan fingerprint density at radius 2 is 1.95 bits per heavy atom. The maximum Gasteiger partial charge on any atom is 0.331 e. The van der Waals surface area contributed by atoms with Crippen LogP contribution in [0.25, 0.3) is 6.08 Å². The van der Waals surface area contributed by atoms with E-state index < -0.39 is 0 Å². The van der Waals surface area contributed by atoms with Crippen LogP contribution in [0.4, 0.5) is 0 Å².